The average Bonchev–Trinajstić information content (AvgIpc) is 2.75. The van der Waals surface area contributed by atoms with Gasteiger partial charge in [-0.25, -0.2) is 0 Å². The second-order valence-electron chi connectivity index (χ2n) is 5.74. The van der Waals surface area contributed by atoms with E-state index in [1.807, 2.05) is 36.0 Å². The maximum Gasteiger partial charge on any atom is 0.314 e. The van der Waals surface area contributed by atoms with E-state index in [0.717, 1.165) is 53.0 Å². The molecule has 1 heterocycles. The monoisotopic (exact) mass is 335 g/mol. The maximum atomic E-state index is 12.0. The Morgan fingerprint density at radius 3 is 2.65 bits per heavy atom. The highest BCUT2D eigenvalue weighted by Gasteiger charge is 2.42. The predicted octanol–water partition coefficient (Wildman–Crippen LogP) is 4.23. The van der Waals surface area contributed by atoms with Crippen LogP contribution in [-0.2, 0) is 17.3 Å². The van der Waals surface area contributed by atoms with E-state index in [4.69, 9.17) is 0 Å². The number of fused-ring (bicyclic) bond motifs is 1. The number of benzene rings is 1. The molecule has 1 fully saturated rings. The Hall–Kier alpha value is -1.29. The molecule has 0 amide bonds. The van der Waals surface area contributed by atoms with E-state index in [-0.39, 0.29) is 0 Å². The quantitative estimate of drug-likeness (QED) is 0.892. The third kappa shape index (κ3) is 1.89. The summed E-state index contributed by atoms with van der Waals surface area (Å²) in [5.74, 6) is -0.679. The van der Waals surface area contributed by atoms with Crippen LogP contribution in [0, 0.1) is 0 Å². The fraction of sp³-hybridized carbons (Fsp3) is 0.438. The number of rotatable bonds is 2. The highest BCUT2D eigenvalue weighted by Crippen LogP contribution is 2.43. The maximum absolute atomic E-state index is 12.0. The summed E-state index contributed by atoms with van der Waals surface area (Å²) in [6.45, 7) is 0. The normalized spacial score (nSPS) is 18.3. The zero-order valence-electron chi connectivity index (χ0n) is 11.5. The van der Waals surface area contributed by atoms with Crippen LogP contribution in [0.2, 0.25) is 0 Å². The predicted molar refractivity (Wildman–Crippen MR) is 83.0 cm³/mol. The van der Waals surface area contributed by atoms with Gasteiger partial charge in [0.25, 0.3) is 0 Å². The Morgan fingerprint density at radius 2 is 2.00 bits per heavy atom. The molecule has 20 heavy (non-hydrogen) atoms. The number of halogens is 1. The highest BCUT2D eigenvalue weighted by atomic mass is 79.9. The molecule has 0 spiro atoms. The van der Waals surface area contributed by atoms with Crippen molar-refractivity contribution in [3.05, 3.63) is 34.4 Å². The Labute approximate surface area is 126 Å². The van der Waals surface area contributed by atoms with Gasteiger partial charge in [0.05, 0.1) is 10.9 Å². The van der Waals surface area contributed by atoms with Gasteiger partial charge in [-0.2, -0.15) is 0 Å². The second kappa shape index (κ2) is 4.92. The summed E-state index contributed by atoms with van der Waals surface area (Å²) in [5.41, 5.74) is 1.29. The number of carboxylic acids is 1. The van der Waals surface area contributed by atoms with Gasteiger partial charge in [-0.05, 0) is 34.3 Å². The van der Waals surface area contributed by atoms with Crippen molar-refractivity contribution in [3.63, 3.8) is 0 Å². The van der Waals surface area contributed by atoms with Gasteiger partial charge in [-0.1, -0.05) is 37.5 Å². The Bertz CT molecular complexity index is 668. The van der Waals surface area contributed by atoms with Gasteiger partial charge < -0.3 is 9.67 Å². The minimum atomic E-state index is -0.719. The molecule has 0 unspecified atom stereocenters. The van der Waals surface area contributed by atoms with Crippen LogP contribution in [0.25, 0.3) is 10.9 Å². The van der Waals surface area contributed by atoms with E-state index in [1.54, 1.807) is 0 Å². The average molecular weight is 336 g/mol. The lowest BCUT2D eigenvalue weighted by molar-refractivity contribution is -0.145. The summed E-state index contributed by atoms with van der Waals surface area (Å²) in [6, 6.07) is 6.01. The van der Waals surface area contributed by atoms with Crippen molar-refractivity contribution < 1.29 is 9.90 Å². The lowest BCUT2D eigenvalue weighted by Crippen LogP contribution is -2.38. The summed E-state index contributed by atoms with van der Waals surface area (Å²) in [6.07, 6.45) is 6.62. The van der Waals surface area contributed by atoms with Gasteiger partial charge in [-0.15, -0.1) is 0 Å². The van der Waals surface area contributed by atoms with E-state index in [0.29, 0.717) is 0 Å². The molecule has 1 N–H and O–H groups in total. The molecule has 0 radical (unpaired) electrons. The van der Waals surface area contributed by atoms with Crippen LogP contribution in [0.5, 0.6) is 0 Å². The number of aryl methyl sites for hydroxylation is 1. The zero-order valence-corrected chi connectivity index (χ0v) is 13.1. The largest absolute Gasteiger partial charge is 0.481 e. The van der Waals surface area contributed by atoms with Crippen molar-refractivity contribution in [2.75, 3.05) is 0 Å². The van der Waals surface area contributed by atoms with Gasteiger partial charge >= 0.3 is 5.97 Å². The molecule has 1 aliphatic carbocycles. The minimum absolute atomic E-state index is 0.679. The molecule has 0 bridgehead atoms. The van der Waals surface area contributed by atoms with Crippen LogP contribution >= 0.6 is 15.9 Å². The summed E-state index contributed by atoms with van der Waals surface area (Å²) in [7, 11) is 1.98. The minimum Gasteiger partial charge on any atom is -0.481 e. The molecule has 0 atom stereocenters. The summed E-state index contributed by atoms with van der Waals surface area (Å²) in [4.78, 5) is 12.0. The molecular formula is C16H18BrNO2. The smallest absolute Gasteiger partial charge is 0.314 e. The molecule has 0 saturated heterocycles. The number of hydrogen-bond acceptors (Lipinski definition) is 1. The van der Waals surface area contributed by atoms with E-state index in [9.17, 15) is 9.90 Å². The highest BCUT2D eigenvalue weighted by molar-refractivity contribution is 9.10. The molecular weight excluding hydrogens is 318 g/mol. The first kappa shape index (κ1) is 13.7. The van der Waals surface area contributed by atoms with Crippen LogP contribution in [-0.4, -0.2) is 15.6 Å². The zero-order chi connectivity index (χ0) is 14.3. The molecule has 2 aromatic rings. The molecule has 0 aliphatic heterocycles. The number of nitrogens with zero attached hydrogens (tertiary/aromatic N) is 1. The fourth-order valence-electron chi connectivity index (χ4n) is 3.56. The number of aromatic nitrogens is 1. The van der Waals surface area contributed by atoms with Crippen LogP contribution in [0.4, 0.5) is 0 Å². The third-order valence-electron chi connectivity index (χ3n) is 4.59. The van der Waals surface area contributed by atoms with Crippen molar-refractivity contribution in [1.29, 1.82) is 0 Å². The van der Waals surface area contributed by atoms with Gasteiger partial charge in [0.15, 0.2) is 0 Å². The first-order chi connectivity index (χ1) is 9.56. The fourth-order valence-corrected chi connectivity index (χ4v) is 4.19. The number of carbonyl (C=O) groups is 1. The Morgan fingerprint density at radius 1 is 1.30 bits per heavy atom. The van der Waals surface area contributed by atoms with Crippen molar-refractivity contribution in [2.45, 2.75) is 37.5 Å². The summed E-state index contributed by atoms with van der Waals surface area (Å²) >= 11 is 3.56. The van der Waals surface area contributed by atoms with Crippen molar-refractivity contribution in [3.8, 4) is 0 Å². The second-order valence-corrected chi connectivity index (χ2v) is 6.59. The van der Waals surface area contributed by atoms with Gasteiger partial charge in [0.1, 0.15) is 0 Å². The van der Waals surface area contributed by atoms with Crippen LogP contribution in [0.3, 0.4) is 0 Å². The van der Waals surface area contributed by atoms with Crippen molar-refractivity contribution in [2.24, 2.45) is 7.05 Å². The lowest BCUT2D eigenvalue weighted by atomic mass is 9.69. The van der Waals surface area contributed by atoms with E-state index < -0.39 is 11.4 Å². The molecule has 1 aliphatic rings. The number of carboxylic acid groups (broad SMARTS) is 1. The SMILES string of the molecule is Cn1cc(Br)c2cccc(C3(C(=O)O)CCCCC3)c21. The topological polar surface area (TPSA) is 42.2 Å². The molecule has 3 nitrogen and oxygen atoms in total. The van der Waals surface area contributed by atoms with Crippen molar-refractivity contribution >= 4 is 32.8 Å². The molecule has 1 aromatic carbocycles. The van der Waals surface area contributed by atoms with Gasteiger partial charge in [0.2, 0.25) is 0 Å². The molecule has 106 valence electrons. The Balaban J connectivity index is 2.29. The Kier molecular flexibility index (Phi) is 3.36. The number of hydrogen-bond donors (Lipinski definition) is 1. The number of aliphatic carboxylic acids is 1. The molecule has 1 aromatic heterocycles. The first-order valence-electron chi connectivity index (χ1n) is 7.04. The lowest BCUT2D eigenvalue weighted by Gasteiger charge is -2.34. The van der Waals surface area contributed by atoms with Crippen LogP contribution in [0.1, 0.15) is 37.7 Å². The van der Waals surface area contributed by atoms with Crippen molar-refractivity contribution in [1.82, 2.24) is 4.57 Å². The van der Waals surface area contributed by atoms with E-state index >= 15 is 0 Å². The molecule has 3 rings (SSSR count). The first-order valence-corrected chi connectivity index (χ1v) is 7.83. The summed E-state index contributed by atoms with van der Waals surface area (Å²) in [5, 5.41) is 11.0. The standard InChI is InChI=1S/C16H18BrNO2/c1-18-10-13(17)11-6-5-7-12(14(11)18)16(15(19)20)8-3-2-4-9-16/h5-7,10H,2-4,8-9H2,1H3,(H,19,20). The van der Waals surface area contributed by atoms with Gasteiger partial charge in [0, 0.05) is 23.1 Å². The van der Waals surface area contributed by atoms with Crippen LogP contribution in [0.15, 0.2) is 28.9 Å². The van der Waals surface area contributed by atoms with E-state index in [1.165, 1.54) is 0 Å². The van der Waals surface area contributed by atoms with E-state index in [2.05, 4.69) is 15.9 Å². The number of para-hydroxylation sites is 1. The van der Waals surface area contributed by atoms with Gasteiger partial charge in [-0.3, -0.25) is 4.79 Å². The summed E-state index contributed by atoms with van der Waals surface area (Å²) < 4.78 is 3.06. The van der Waals surface area contributed by atoms with Crippen LogP contribution < -0.4 is 0 Å². The third-order valence-corrected chi connectivity index (χ3v) is 5.22. The molecule has 4 heteroatoms. The molecule has 1 saturated carbocycles.